The van der Waals surface area contributed by atoms with Gasteiger partial charge in [-0.05, 0) is 48.4 Å². The fourth-order valence-corrected chi connectivity index (χ4v) is 3.71. The normalized spacial score (nSPS) is 16.6. The van der Waals surface area contributed by atoms with Crippen molar-refractivity contribution in [3.05, 3.63) is 65.9 Å². The highest BCUT2D eigenvalue weighted by Gasteiger charge is 2.44. The van der Waals surface area contributed by atoms with E-state index in [9.17, 15) is 9.59 Å². The number of anilines is 1. The van der Waals surface area contributed by atoms with Gasteiger partial charge in [-0.2, -0.15) is 0 Å². The second-order valence-corrected chi connectivity index (χ2v) is 7.62. The van der Waals surface area contributed by atoms with E-state index >= 15 is 0 Å². The topological polar surface area (TPSA) is 113 Å². The Morgan fingerprint density at radius 2 is 1.78 bits per heavy atom. The van der Waals surface area contributed by atoms with E-state index in [-0.39, 0.29) is 5.91 Å². The van der Waals surface area contributed by atoms with E-state index in [1.807, 2.05) is 18.2 Å². The number of carbonyl (C=O) groups is 2. The predicted octanol–water partition coefficient (Wildman–Crippen LogP) is 3.20. The average molecular weight is 433 g/mol. The van der Waals surface area contributed by atoms with Crippen LogP contribution in [0.5, 0.6) is 17.4 Å². The number of hydrogen-bond donors (Lipinski definition) is 2. The number of amides is 2. The predicted molar refractivity (Wildman–Crippen MR) is 119 cm³/mol. The highest BCUT2D eigenvalue weighted by atomic mass is 16.5. The maximum atomic E-state index is 13.1. The smallest absolute Gasteiger partial charge is 0.268 e. The summed E-state index contributed by atoms with van der Waals surface area (Å²) in [7, 11) is 3.08. The summed E-state index contributed by atoms with van der Waals surface area (Å²) in [5, 5.41) is 2.89. The molecule has 3 N–H and O–H groups in total. The summed E-state index contributed by atoms with van der Waals surface area (Å²) in [5.74, 6) is 0.690. The molecule has 1 atom stereocenters. The van der Waals surface area contributed by atoms with Gasteiger partial charge in [0.05, 0.1) is 14.2 Å². The Labute approximate surface area is 185 Å². The van der Waals surface area contributed by atoms with Gasteiger partial charge in [0.15, 0.2) is 17.1 Å². The summed E-state index contributed by atoms with van der Waals surface area (Å²) in [6, 6.07) is 14.0. The Bertz CT molecular complexity index is 1190. The number of nitrogens with zero attached hydrogens (tertiary/aromatic N) is 1. The molecule has 1 aromatic heterocycles. The molecule has 1 aliphatic heterocycles. The molecule has 0 saturated heterocycles. The Hall–Kier alpha value is -4.07. The first-order valence-corrected chi connectivity index (χ1v) is 9.95. The monoisotopic (exact) mass is 433 g/mol. The van der Waals surface area contributed by atoms with Crippen LogP contribution in [0.4, 0.5) is 5.69 Å². The number of fused-ring (bicyclic) bond motifs is 1. The molecule has 0 spiro atoms. The van der Waals surface area contributed by atoms with E-state index in [0.717, 1.165) is 16.7 Å². The van der Waals surface area contributed by atoms with Crippen molar-refractivity contribution < 1.29 is 23.8 Å². The molecular formula is C24H23N3O5. The zero-order valence-electron chi connectivity index (χ0n) is 18.0. The first-order valence-electron chi connectivity index (χ1n) is 9.95. The van der Waals surface area contributed by atoms with Gasteiger partial charge in [-0.1, -0.05) is 12.1 Å². The molecule has 0 fully saturated rings. The largest absolute Gasteiger partial charge is 0.493 e. The number of nitrogens with two attached hydrogens (primary N) is 1. The van der Waals surface area contributed by atoms with E-state index in [1.54, 1.807) is 50.6 Å². The summed E-state index contributed by atoms with van der Waals surface area (Å²) in [4.78, 5) is 28.8. The summed E-state index contributed by atoms with van der Waals surface area (Å²) in [5.41, 5.74) is 7.75. The van der Waals surface area contributed by atoms with Gasteiger partial charge in [-0.15, -0.1) is 0 Å². The third kappa shape index (κ3) is 3.82. The van der Waals surface area contributed by atoms with Gasteiger partial charge in [0.1, 0.15) is 0 Å². The molecule has 8 nitrogen and oxygen atoms in total. The van der Waals surface area contributed by atoms with Crippen molar-refractivity contribution in [3.8, 4) is 28.5 Å². The molecule has 2 heterocycles. The number of ether oxygens (including phenoxy) is 3. The number of aromatic nitrogens is 1. The van der Waals surface area contributed by atoms with E-state index < -0.39 is 11.5 Å². The molecule has 0 saturated carbocycles. The van der Waals surface area contributed by atoms with Gasteiger partial charge in [-0.3, -0.25) is 9.59 Å². The summed E-state index contributed by atoms with van der Waals surface area (Å²) in [6.07, 6.45) is 1.97. The van der Waals surface area contributed by atoms with Crippen molar-refractivity contribution in [1.82, 2.24) is 4.98 Å². The van der Waals surface area contributed by atoms with Gasteiger partial charge in [-0.25, -0.2) is 4.98 Å². The van der Waals surface area contributed by atoms with Gasteiger partial charge in [0.25, 0.3) is 5.91 Å². The Morgan fingerprint density at radius 1 is 1.06 bits per heavy atom. The van der Waals surface area contributed by atoms with Crippen LogP contribution in [0.15, 0.2) is 54.7 Å². The minimum absolute atomic E-state index is 0.308. The third-order valence-corrected chi connectivity index (χ3v) is 5.45. The average Bonchev–Trinajstić information content (AvgIpc) is 3.16. The second kappa shape index (κ2) is 8.22. The van der Waals surface area contributed by atoms with E-state index in [1.165, 1.54) is 7.11 Å². The number of pyridine rings is 1. The molecule has 0 radical (unpaired) electrons. The molecule has 0 bridgehead atoms. The van der Waals surface area contributed by atoms with Gasteiger partial charge in [0, 0.05) is 35.5 Å². The lowest BCUT2D eigenvalue weighted by atomic mass is 9.93. The lowest BCUT2D eigenvalue weighted by molar-refractivity contribution is -0.128. The Kier molecular flexibility index (Phi) is 5.44. The van der Waals surface area contributed by atoms with Crippen LogP contribution in [0.1, 0.15) is 22.8 Å². The van der Waals surface area contributed by atoms with Crippen LogP contribution in [-0.4, -0.2) is 36.6 Å². The molecular weight excluding hydrogens is 410 g/mol. The van der Waals surface area contributed by atoms with Crippen LogP contribution in [0.2, 0.25) is 0 Å². The highest BCUT2D eigenvalue weighted by molar-refractivity contribution is 5.98. The Balaban J connectivity index is 1.58. The van der Waals surface area contributed by atoms with E-state index in [2.05, 4.69) is 10.3 Å². The maximum absolute atomic E-state index is 13.1. The zero-order chi connectivity index (χ0) is 22.9. The van der Waals surface area contributed by atoms with Crippen LogP contribution in [0.25, 0.3) is 11.1 Å². The molecule has 2 amide bonds. The van der Waals surface area contributed by atoms with E-state index in [0.29, 0.717) is 35.1 Å². The fourth-order valence-electron chi connectivity index (χ4n) is 3.71. The Morgan fingerprint density at radius 3 is 2.44 bits per heavy atom. The van der Waals surface area contributed by atoms with Crippen molar-refractivity contribution >= 4 is 17.5 Å². The molecule has 3 aromatic rings. The number of benzene rings is 2. The zero-order valence-corrected chi connectivity index (χ0v) is 18.0. The molecule has 8 heteroatoms. The number of rotatable bonds is 6. The van der Waals surface area contributed by atoms with Crippen LogP contribution < -0.4 is 25.3 Å². The lowest BCUT2D eigenvalue weighted by Crippen LogP contribution is -2.44. The number of primary amides is 1. The standard InChI is InChI=1S/C24H23N3O5/c1-24(23(29)27-16-8-9-19(30-2)20(12-16)31-3)13-18-17(10-11-26-22(18)32-24)14-4-6-15(7-5-14)21(25)28/h4-12H,13H2,1-3H3,(H2,25,28)(H,27,29). The molecule has 1 unspecified atom stereocenters. The van der Waals surface area contributed by atoms with Crippen molar-refractivity contribution in [3.63, 3.8) is 0 Å². The minimum atomic E-state index is -1.15. The number of carbonyl (C=O) groups excluding carboxylic acids is 2. The number of methoxy groups -OCH3 is 2. The summed E-state index contributed by atoms with van der Waals surface area (Å²) in [6.45, 7) is 1.73. The third-order valence-electron chi connectivity index (χ3n) is 5.45. The highest BCUT2D eigenvalue weighted by Crippen LogP contribution is 2.40. The second-order valence-electron chi connectivity index (χ2n) is 7.62. The fraction of sp³-hybridized carbons (Fsp3) is 0.208. The van der Waals surface area contributed by atoms with Crippen LogP contribution in [0.3, 0.4) is 0 Å². The SMILES string of the molecule is COc1ccc(NC(=O)C2(C)Cc3c(-c4ccc(C(N)=O)cc4)ccnc3O2)cc1OC. The molecule has 4 rings (SSSR count). The van der Waals surface area contributed by atoms with Crippen molar-refractivity contribution in [1.29, 1.82) is 0 Å². The van der Waals surface area contributed by atoms with Crippen LogP contribution in [-0.2, 0) is 11.2 Å². The lowest BCUT2D eigenvalue weighted by Gasteiger charge is -2.22. The first kappa shape index (κ1) is 21.2. The van der Waals surface area contributed by atoms with Gasteiger partial charge in [0.2, 0.25) is 11.8 Å². The molecule has 164 valence electrons. The van der Waals surface area contributed by atoms with E-state index in [4.69, 9.17) is 19.9 Å². The van der Waals surface area contributed by atoms with Crippen molar-refractivity contribution in [2.75, 3.05) is 19.5 Å². The van der Waals surface area contributed by atoms with Crippen LogP contribution in [0, 0.1) is 0 Å². The number of hydrogen-bond acceptors (Lipinski definition) is 6. The molecule has 1 aliphatic rings. The first-order chi connectivity index (χ1) is 15.3. The minimum Gasteiger partial charge on any atom is -0.493 e. The van der Waals surface area contributed by atoms with Gasteiger partial charge >= 0.3 is 0 Å². The van der Waals surface area contributed by atoms with Crippen LogP contribution >= 0.6 is 0 Å². The molecule has 0 aliphatic carbocycles. The van der Waals surface area contributed by atoms with Gasteiger partial charge < -0.3 is 25.3 Å². The summed E-state index contributed by atoms with van der Waals surface area (Å²) >= 11 is 0. The van der Waals surface area contributed by atoms with Crippen molar-refractivity contribution in [2.24, 2.45) is 5.73 Å². The number of nitrogens with one attached hydrogen (secondary N) is 1. The quantitative estimate of drug-likeness (QED) is 0.617. The van der Waals surface area contributed by atoms with Crippen molar-refractivity contribution in [2.45, 2.75) is 18.9 Å². The molecule has 32 heavy (non-hydrogen) atoms. The summed E-state index contributed by atoms with van der Waals surface area (Å²) < 4.78 is 16.5. The molecule has 2 aromatic carbocycles. The maximum Gasteiger partial charge on any atom is 0.268 e.